The van der Waals surface area contributed by atoms with E-state index in [1.807, 2.05) is 32.0 Å². The van der Waals surface area contributed by atoms with Crippen molar-refractivity contribution in [2.45, 2.75) is 13.8 Å². The van der Waals surface area contributed by atoms with Gasteiger partial charge in [0.15, 0.2) is 11.6 Å². The first kappa shape index (κ1) is 22.4. The minimum Gasteiger partial charge on any atom is -0.383 e. The van der Waals surface area contributed by atoms with Gasteiger partial charge in [-0.3, -0.25) is 14.5 Å². The number of hydrogen-bond acceptors (Lipinski definition) is 4. The number of methoxy groups -OCH3 is 1. The van der Waals surface area contributed by atoms with Gasteiger partial charge in [-0.15, -0.1) is 0 Å². The molecule has 6 nitrogen and oxygen atoms in total. The molecule has 0 radical (unpaired) electrons. The number of nitrogens with zero attached hydrogens (tertiary/aromatic N) is 1. The molecule has 0 saturated carbocycles. The molecule has 2 amide bonds. The number of ether oxygens (including phenoxy) is 1. The van der Waals surface area contributed by atoms with Gasteiger partial charge in [0.05, 0.1) is 19.7 Å². The molecule has 0 bridgehead atoms. The quantitative estimate of drug-likeness (QED) is 0.673. The molecule has 0 aliphatic rings. The van der Waals surface area contributed by atoms with Crippen molar-refractivity contribution in [3.63, 3.8) is 0 Å². The van der Waals surface area contributed by atoms with Gasteiger partial charge >= 0.3 is 0 Å². The Kier molecular flexibility index (Phi) is 8.23. The summed E-state index contributed by atoms with van der Waals surface area (Å²) in [5, 5.41) is 5.35. The summed E-state index contributed by atoms with van der Waals surface area (Å²) in [5.74, 6) is -2.76. The Hall–Kier alpha value is -2.84. The van der Waals surface area contributed by atoms with Crippen LogP contribution in [0, 0.1) is 25.5 Å². The number of amides is 2. The maximum atomic E-state index is 13.3. The molecule has 0 unspecified atom stereocenters. The predicted octanol–water partition coefficient (Wildman–Crippen LogP) is 3.11. The summed E-state index contributed by atoms with van der Waals surface area (Å²) in [6.07, 6.45) is 0. The lowest BCUT2D eigenvalue weighted by molar-refractivity contribution is -0.120. The number of nitrogens with one attached hydrogen (secondary N) is 2. The molecule has 0 aliphatic heterocycles. The van der Waals surface area contributed by atoms with Crippen LogP contribution in [0.1, 0.15) is 11.1 Å². The van der Waals surface area contributed by atoms with Crippen molar-refractivity contribution in [2.24, 2.45) is 0 Å². The van der Waals surface area contributed by atoms with Crippen LogP contribution in [0.4, 0.5) is 20.2 Å². The van der Waals surface area contributed by atoms with Gasteiger partial charge < -0.3 is 15.4 Å². The van der Waals surface area contributed by atoms with Gasteiger partial charge in [-0.2, -0.15) is 0 Å². The Morgan fingerprint density at radius 1 is 1.00 bits per heavy atom. The molecular formula is C21H25F2N3O3. The number of hydrogen-bond donors (Lipinski definition) is 2. The van der Waals surface area contributed by atoms with Gasteiger partial charge in [0, 0.05) is 31.1 Å². The molecule has 0 aromatic heterocycles. The summed E-state index contributed by atoms with van der Waals surface area (Å²) in [6.45, 7) is 4.42. The Morgan fingerprint density at radius 2 is 1.69 bits per heavy atom. The smallest absolute Gasteiger partial charge is 0.238 e. The van der Waals surface area contributed by atoms with Crippen LogP contribution in [0.3, 0.4) is 0 Å². The monoisotopic (exact) mass is 405 g/mol. The first-order chi connectivity index (χ1) is 13.8. The molecule has 0 aliphatic carbocycles. The average molecular weight is 405 g/mol. The molecule has 0 fully saturated rings. The molecule has 0 heterocycles. The minimum atomic E-state index is -1.05. The first-order valence-corrected chi connectivity index (χ1v) is 9.12. The standard InChI is InChI=1S/C21H25F2N3O3/c1-14-5-4-6-19(15(14)2)25-21(28)13-26(9-10-29-3)12-20(27)24-16-7-8-17(22)18(23)11-16/h4-8,11H,9-10,12-13H2,1-3H3,(H,24,27)(H,25,28). The van der Waals surface area contributed by atoms with Crippen LogP contribution in [0.5, 0.6) is 0 Å². The van der Waals surface area contributed by atoms with Gasteiger partial charge in [-0.05, 0) is 43.2 Å². The lowest BCUT2D eigenvalue weighted by Gasteiger charge is -2.21. The fraction of sp³-hybridized carbons (Fsp3) is 0.333. The van der Waals surface area contributed by atoms with E-state index in [2.05, 4.69) is 10.6 Å². The average Bonchev–Trinajstić information content (AvgIpc) is 2.66. The molecule has 2 aromatic rings. The fourth-order valence-electron chi connectivity index (χ4n) is 2.69. The molecule has 2 N–H and O–H groups in total. The SMILES string of the molecule is COCCN(CC(=O)Nc1ccc(F)c(F)c1)CC(=O)Nc1cccc(C)c1C. The van der Waals surface area contributed by atoms with E-state index in [-0.39, 0.29) is 24.7 Å². The number of anilines is 2. The zero-order valence-electron chi connectivity index (χ0n) is 16.7. The number of carbonyl (C=O) groups is 2. The van der Waals surface area contributed by atoms with Gasteiger partial charge in [0.2, 0.25) is 11.8 Å². The number of rotatable bonds is 9. The van der Waals surface area contributed by atoms with E-state index < -0.39 is 17.5 Å². The highest BCUT2D eigenvalue weighted by Crippen LogP contribution is 2.18. The van der Waals surface area contributed by atoms with Crippen molar-refractivity contribution in [3.05, 3.63) is 59.2 Å². The maximum Gasteiger partial charge on any atom is 0.238 e. The summed E-state index contributed by atoms with van der Waals surface area (Å²) < 4.78 is 31.3. The van der Waals surface area contributed by atoms with Crippen molar-refractivity contribution in [1.29, 1.82) is 0 Å². The summed E-state index contributed by atoms with van der Waals surface area (Å²) in [6, 6.07) is 8.73. The highest BCUT2D eigenvalue weighted by atomic mass is 19.2. The van der Waals surface area contributed by atoms with Crippen LogP contribution in [-0.2, 0) is 14.3 Å². The van der Waals surface area contributed by atoms with E-state index in [0.717, 1.165) is 23.3 Å². The molecular weight excluding hydrogens is 380 g/mol. The summed E-state index contributed by atoms with van der Waals surface area (Å²) in [7, 11) is 1.52. The molecule has 156 valence electrons. The Balaban J connectivity index is 1.98. The molecule has 2 rings (SSSR count). The minimum absolute atomic E-state index is 0.0259. The molecule has 2 aromatic carbocycles. The molecule has 0 saturated heterocycles. The predicted molar refractivity (Wildman–Crippen MR) is 108 cm³/mol. The highest BCUT2D eigenvalue weighted by molar-refractivity contribution is 5.95. The van der Waals surface area contributed by atoms with Crippen molar-refractivity contribution in [2.75, 3.05) is 44.0 Å². The second-order valence-electron chi connectivity index (χ2n) is 6.68. The second-order valence-corrected chi connectivity index (χ2v) is 6.68. The third-order valence-corrected chi connectivity index (χ3v) is 4.43. The van der Waals surface area contributed by atoms with Gasteiger partial charge in [0.25, 0.3) is 0 Å². The van der Waals surface area contributed by atoms with Crippen LogP contribution < -0.4 is 10.6 Å². The van der Waals surface area contributed by atoms with Crippen molar-refractivity contribution in [1.82, 2.24) is 4.90 Å². The summed E-state index contributed by atoms with van der Waals surface area (Å²) >= 11 is 0. The molecule has 29 heavy (non-hydrogen) atoms. The topological polar surface area (TPSA) is 70.7 Å². The maximum absolute atomic E-state index is 13.3. The van der Waals surface area contributed by atoms with Gasteiger partial charge in [-0.25, -0.2) is 8.78 Å². The van der Waals surface area contributed by atoms with E-state index >= 15 is 0 Å². The number of aryl methyl sites for hydroxylation is 1. The fourth-order valence-corrected chi connectivity index (χ4v) is 2.69. The van der Waals surface area contributed by atoms with E-state index in [4.69, 9.17) is 4.74 Å². The summed E-state index contributed by atoms with van der Waals surface area (Å²) in [5.41, 5.74) is 2.89. The van der Waals surface area contributed by atoms with Crippen molar-refractivity contribution in [3.8, 4) is 0 Å². The lowest BCUT2D eigenvalue weighted by Crippen LogP contribution is -2.40. The number of benzene rings is 2. The van der Waals surface area contributed by atoms with Crippen LogP contribution in [-0.4, -0.2) is 50.1 Å². The Labute approximate surface area is 168 Å². The lowest BCUT2D eigenvalue weighted by atomic mass is 10.1. The van der Waals surface area contributed by atoms with E-state index in [0.29, 0.717) is 18.8 Å². The van der Waals surface area contributed by atoms with Crippen LogP contribution in [0.25, 0.3) is 0 Å². The van der Waals surface area contributed by atoms with E-state index in [1.54, 1.807) is 4.90 Å². The van der Waals surface area contributed by atoms with Gasteiger partial charge in [0.1, 0.15) is 0 Å². The molecule has 8 heteroatoms. The first-order valence-electron chi connectivity index (χ1n) is 9.12. The molecule has 0 atom stereocenters. The second kappa shape index (κ2) is 10.6. The van der Waals surface area contributed by atoms with Crippen LogP contribution >= 0.6 is 0 Å². The Bertz CT molecular complexity index is 874. The van der Waals surface area contributed by atoms with E-state index in [1.165, 1.54) is 13.2 Å². The highest BCUT2D eigenvalue weighted by Gasteiger charge is 2.16. The Morgan fingerprint density at radius 3 is 2.34 bits per heavy atom. The molecule has 0 spiro atoms. The van der Waals surface area contributed by atoms with Crippen LogP contribution in [0.15, 0.2) is 36.4 Å². The zero-order chi connectivity index (χ0) is 21.4. The largest absolute Gasteiger partial charge is 0.383 e. The number of halogens is 2. The third-order valence-electron chi connectivity index (χ3n) is 4.43. The van der Waals surface area contributed by atoms with Crippen molar-refractivity contribution >= 4 is 23.2 Å². The van der Waals surface area contributed by atoms with Gasteiger partial charge in [-0.1, -0.05) is 12.1 Å². The zero-order valence-corrected chi connectivity index (χ0v) is 16.7. The van der Waals surface area contributed by atoms with Crippen molar-refractivity contribution < 1.29 is 23.1 Å². The normalized spacial score (nSPS) is 10.8. The third kappa shape index (κ3) is 6.92. The van der Waals surface area contributed by atoms with E-state index in [9.17, 15) is 18.4 Å². The summed E-state index contributed by atoms with van der Waals surface area (Å²) in [4.78, 5) is 26.3. The number of carbonyl (C=O) groups excluding carboxylic acids is 2. The van der Waals surface area contributed by atoms with Crippen LogP contribution in [0.2, 0.25) is 0 Å².